The van der Waals surface area contributed by atoms with E-state index in [1.165, 1.54) is 24.3 Å². The molecule has 0 saturated carbocycles. The van der Waals surface area contributed by atoms with Crippen LogP contribution in [0.4, 0.5) is 4.39 Å². The molecule has 2 heterocycles. The van der Waals surface area contributed by atoms with E-state index >= 15 is 0 Å². The number of benzene rings is 1. The predicted octanol–water partition coefficient (Wildman–Crippen LogP) is 2.44. The Hall–Kier alpha value is -2.61. The Morgan fingerprint density at radius 1 is 1.30 bits per heavy atom. The van der Waals surface area contributed by atoms with Crippen LogP contribution < -0.4 is 5.32 Å². The van der Waals surface area contributed by atoms with Crippen LogP contribution in [0.5, 0.6) is 0 Å². The van der Waals surface area contributed by atoms with Crippen molar-refractivity contribution in [3.63, 3.8) is 0 Å². The second-order valence-corrected chi connectivity index (χ2v) is 7.64. The van der Waals surface area contributed by atoms with Gasteiger partial charge in [-0.05, 0) is 57.9 Å². The summed E-state index contributed by atoms with van der Waals surface area (Å²) in [7, 11) is 0. The summed E-state index contributed by atoms with van der Waals surface area (Å²) in [4.78, 5) is 31.0. The van der Waals surface area contributed by atoms with Gasteiger partial charge in [-0.3, -0.25) is 9.59 Å². The largest absolute Gasteiger partial charge is 0.334 e. The summed E-state index contributed by atoms with van der Waals surface area (Å²) in [5, 5.41) is 6.90. The van der Waals surface area contributed by atoms with Crippen molar-refractivity contribution in [2.45, 2.75) is 45.2 Å². The molecule has 27 heavy (non-hydrogen) atoms. The van der Waals surface area contributed by atoms with Gasteiger partial charge in [0.15, 0.2) is 0 Å². The standard InChI is InChI=1S/C19H23FN4O3/c1-19(2,3)21-11-15(25)24-10-4-5-14(24)16(26)17-22-18(27-23-17)12-6-8-13(20)9-7-12/h6-9,14,21H,4-5,10-11H2,1-3H3. The van der Waals surface area contributed by atoms with Crippen LogP contribution in [0.25, 0.3) is 11.5 Å². The molecule has 8 heteroatoms. The molecule has 0 aliphatic carbocycles. The predicted molar refractivity (Wildman–Crippen MR) is 96.5 cm³/mol. The minimum absolute atomic E-state index is 0.0668. The van der Waals surface area contributed by atoms with Crippen LogP contribution in [0.1, 0.15) is 44.2 Å². The average molecular weight is 374 g/mol. The number of nitrogens with one attached hydrogen (secondary N) is 1. The van der Waals surface area contributed by atoms with Crippen LogP contribution in [0.15, 0.2) is 28.8 Å². The lowest BCUT2D eigenvalue weighted by Crippen LogP contribution is -2.48. The van der Waals surface area contributed by atoms with Gasteiger partial charge in [-0.15, -0.1) is 0 Å². The maximum Gasteiger partial charge on any atom is 0.258 e. The molecule has 1 N–H and O–H groups in total. The number of aromatic nitrogens is 2. The number of halogens is 1. The van der Waals surface area contributed by atoms with Gasteiger partial charge in [0, 0.05) is 17.6 Å². The molecule has 144 valence electrons. The fraction of sp³-hybridized carbons (Fsp3) is 0.474. The molecule has 1 aliphatic rings. The van der Waals surface area contributed by atoms with E-state index in [1.807, 2.05) is 20.8 Å². The maximum absolute atomic E-state index is 13.0. The number of carbonyl (C=O) groups excluding carboxylic acids is 2. The second-order valence-electron chi connectivity index (χ2n) is 7.64. The average Bonchev–Trinajstić information content (AvgIpc) is 3.28. The molecule has 0 bridgehead atoms. The lowest BCUT2D eigenvalue weighted by molar-refractivity contribution is -0.130. The van der Waals surface area contributed by atoms with E-state index in [1.54, 1.807) is 4.90 Å². The number of ketones is 1. The number of likely N-dealkylation sites (tertiary alicyclic amines) is 1. The van der Waals surface area contributed by atoms with Crippen LogP contribution >= 0.6 is 0 Å². The van der Waals surface area contributed by atoms with Crippen LogP contribution in [0, 0.1) is 5.82 Å². The molecule has 1 aromatic heterocycles. The maximum atomic E-state index is 13.0. The highest BCUT2D eigenvalue weighted by Gasteiger charge is 2.36. The molecule has 0 spiro atoms. The Balaban J connectivity index is 1.71. The number of hydrogen-bond acceptors (Lipinski definition) is 6. The first-order chi connectivity index (χ1) is 12.7. The fourth-order valence-corrected chi connectivity index (χ4v) is 2.96. The Morgan fingerprint density at radius 3 is 2.67 bits per heavy atom. The molecule has 1 aromatic carbocycles. The van der Waals surface area contributed by atoms with E-state index in [0.717, 1.165) is 6.42 Å². The van der Waals surface area contributed by atoms with Crippen molar-refractivity contribution in [1.82, 2.24) is 20.4 Å². The Bertz CT molecular complexity index is 826. The summed E-state index contributed by atoms with van der Waals surface area (Å²) in [6, 6.07) is 4.97. The first-order valence-corrected chi connectivity index (χ1v) is 8.93. The monoisotopic (exact) mass is 374 g/mol. The van der Waals surface area contributed by atoms with E-state index in [2.05, 4.69) is 15.5 Å². The van der Waals surface area contributed by atoms with Gasteiger partial charge in [-0.25, -0.2) is 4.39 Å². The first kappa shape index (κ1) is 19.2. The van der Waals surface area contributed by atoms with Crippen molar-refractivity contribution in [2.75, 3.05) is 13.1 Å². The summed E-state index contributed by atoms with van der Waals surface area (Å²) in [5.41, 5.74) is 0.337. The van der Waals surface area contributed by atoms with E-state index in [9.17, 15) is 14.0 Å². The van der Waals surface area contributed by atoms with E-state index in [-0.39, 0.29) is 41.3 Å². The third-order valence-corrected chi connectivity index (χ3v) is 4.38. The molecule has 1 fully saturated rings. The summed E-state index contributed by atoms with van der Waals surface area (Å²) < 4.78 is 18.2. The van der Waals surface area contributed by atoms with Crippen LogP contribution in [0.3, 0.4) is 0 Å². The quantitative estimate of drug-likeness (QED) is 0.809. The molecular weight excluding hydrogens is 351 g/mol. The molecule has 3 rings (SSSR count). The highest BCUT2D eigenvalue weighted by atomic mass is 19.1. The fourth-order valence-electron chi connectivity index (χ4n) is 2.96. The van der Waals surface area contributed by atoms with Crippen LogP contribution in [-0.2, 0) is 4.79 Å². The zero-order valence-electron chi connectivity index (χ0n) is 15.7. The van der Waals surface area contributed by atoms with Crippen molar-refractivity contribution >= 4 is 11.7 Å². The summed E-state index contributed by atoms with van der Waals surface area (Å²) in [6.45, 7) is 6.62. The topological polar surface area (TPSA) is 88.3 Å². The second kappa shape index (κ2) is 7.56. The van der Waals surface area contributed by atoms with Crippen LogP contribution in [0.2, 0.25) is 0 Å². The normalized spacial score (nSPS) is 17.3. The molecule has 1 unspecified atom stereocenters. The third kappa shape index (κ3) is 4.57. The van der Waals surface area contributed by atoms with Gasteiger partial charge in [0.2, 0.25) is 17.5 Å². The van der Waals surface area contributed by atoms with Gasteiger partial charge in [0.05, 0.1) is 12.6 Å². The summed E-state index contributed by atoms with van der Waals surface area (Å²) in [6.07, 6.45) is 1.32. The Morgan fingerprint density at radius 2 is 2.00 bits per heavy atom. The zero-order valence-corrected chi connectivity index (χ0v) is 15.7. The van der Waals surface area contributed by atoms with Gasteiger partial charge in [-0.1, -0.05) is 5.16 Å². The summed E-state index contributed by atoms with van der Waals surface area (Å²) >= 11 is 0. The van der Waals surface area contributed by atoms with Gasteiger partial charge in [-0.2, -0.15) is 4.98 Å². The lowest BCUT2D eigenvalue weighted by atomic mass is 10.1. The van der Waals surface area contributed by atoms with Gasteiger partial charge >= 0.3 is 0 Å². The first-order valence-electron chi connectivity index (χ1n) is 8.93. The molecule has 1 aliphatic heterocycles. The molecule has 7 nitrogen and oxygen atoms in total. The van der Waals surface area contributed by atoms with Crippen molar-refractivity contribution in [2.24, 2.45) is 0 Å². The lowest BCUT2D eigenvalue weighted by Gasteiger charge is -2.26. The van der Waals surface area contributed by atoms with Crippen molar-refractivity contribution in [1.29, 1.82) is 0 Å². The number of carbonyl (C=O) groups is 2. The number of hydrogen-bond donors (Lipinski definition) is 1. The Kier molecular flexibility index (Phi) is 5.36. The molecule has 1 atom stereocenters. The molecule has 2 aromatic rings. The summed E-state index contributed by atoms with van der Waals surface area (Å²) in [5.74, 6) is -0.762. The highest BCUT2D eigenvalue weighted by Crippen LogP contribution is 2.23. The van der Waals surface area contributed by atoms with Gasteiger partial charge < -0.3 is 14.7 Å². The van der Waals surface area contributed by atoms with Crippen molar-refractivity contribution < 1.29 is 18.5 Å². The molecule has 1 amide bonds. The van der Waals surface area contributed by atoms with E-state index in [0.29, 0.717) is 18.5 Å². The van der Waals surface area contributed by atoms with Crippen molar-refractivity contribution in [3.8, 4) is 11.5 Å². The third-order valence-electron chi connectivity index (χ3n) is 4.38. The van der Waals surface area contributed by atoms with Gasteiger partial charge in [0.1, 0.15) is 5.82 Å². The molecule has 1 saturated heterocycles. The SMILES string of the molecule is CC(C)(C)NCC(=O)N1CCCC1C(=O)c1noc(-c2ccc(F)cc2)n1. The number of nitrogens with zero attached hydrogens (tertiary/aromatic N) is 3. The molecule has 0 radical (unpaired) electrons. The van der Waals surface area contributed by atoms with E-state index < -0.39 is 6.04 Å². The van der Waals surface area contributed by atoms with E-state index in [4.69, 9.17) is 4.52 Å². The highest BCUT2D eigenvalue weighted by molar-refractivity contribution is 5.99. The molecular formula is C19H23FN4O3. The number of amides is 1. The minimum atomic E-state index is -0.585. The Labute approximate surface area is 156 Å². The van der Waals surface area contributed by atoms with Crippen molar-refractivity contribution in [3.05, 3.63) is 35.9 Å². The minimum Gasteiger partial charge on any atom is -0.334 e. The number of rotatable bonds is 5. The smallest absolute Gasteiger partial charge is 0.258 e. The van der Waals surface area contributed by atoms with Crippen LogP contribution in [-0.4, -0.2) is 51.4 Å². The number of Topliss-reactive ketones (excluding diaryl/α,β-unsaturated/α-hetero) is 1. The van der Waals surface area contributed by atoms with Gasteiger partial charge in [0.25, 0.3) is 5.89 Å². The zero-order chi connectivity index (χ0) is 19.6.